The summed E-state index contributed by atoms with van der Waals surface area (Å²) in [6.45, 7) is 4.61. The number of rotatable bonds is 8. The molecule has 4 heteroatoms. The molecule has 1 aromatic carbocycles. The molecule has 0 saturated heterocycles. The number of ether oxygens (including phenoxy) is 2. The average Bonchev–Trinajstić information content (AvgIpc) is 3.33. The molecule has 24 heavy (non-hydrogen) atoms. The van der Waals surface area contributed by atoms with Crippen LogP contribution in [0.25, 0.3) is 0 Å². The van der Waals surface area contributed by atoms with Crippen LogP contribution >= 0.6 is 0 Å². The second kappa shape index (κ2) is 7.56. The number of nitrogens with one attached hydrogen (secondary N) is 1. The minimum Gasteiger partial charge on any atom is -0.490 e. The molecule has 4 nitrogen and oxygen atoms in total. The van der Waals surface area contributed by atoms with Crippen molar-refractivity contribution in [3.8, 4) is 5.75 Å². The molecule has 0 unspecified atom stereocenters. The normalized spacial score (nSPS) is 20.6. The predicted octanol–water partition coefficient (Wildman–Crippen LogP) is 4.54. The maximum Gasteiger partial charge on any atom is 0.256 e. The van der Waals surface area contributed by atoms with E-state index in [1.807, 2.05) is 31.2 Å². The van der Waals surface area contributed by atoms with Gasteiger partial charge in [-0.3, -0.25) is 4.79 Å². The lowest BCUT2D eigenvalue weighted by atomic mass is 9.98. The lowest BCUT2D eigenvalue weighted by Gasteiger charge is -2.28. The van der Waals surface area contributed by atoms with Crippen molar-refractivity contribution in [2.75, 3.05) is 11.9 Å². The maximum absolute atomic E-state index is 12.7. The van der Waals surface area contributed by atoms with Gasteiger partial charge in [-0.25, -0.2) is 0 Å². The number of anilines is 1. The lowest BCUT2D eigenvalue weighted by molar-refractivity contribution is -0.142. The summed E-state index contributed by atoms with van der Waals surface area (Å²) in [5.74, 6) is 1.18. The quantitative estimate of drug-likeness (QED) is 0.760. The highest BCUT2D eigenvalue weighted by Crippen LogP contribution is 2.42. The van der Waals surface area contributed by atoms with Gasteiger partial charge in [0.15, 0.2) is 0 Å². The first-order valence-corrected chi connectivity index (χ1v) is 9.34. The summed E-state index contributed by atoms with van der Waals surface area (Å²) >= 11 is 0. The van der Waals surface area contributed by atoms with E-state index in [4.69, 9.17) is 9.47 Å². The molecule has 2 saturated carbocycles. The van der Waals surface area contributed by atoms with Crippen molar-refractivity contribution in [3.63, 3.8) is 0 Å². The number of amides is 1. The Hall–Kier alpha value is -1.55. The topological polar surface area (TPSA) is 47.6 Å². The van der Waals surface area contributed by atoms with E-state index < -0.39 is 5.60 Å². The van der Waals surface area contributed by atoms with Gasteiger partial charge < -0.3 is 14.8 Å². The van der Waals surface area contributed by atoms with Gasteiger partial charge in [0.1, 0.15) is 11.4 Å². The molecule has 3 rings (SSSR count). The summed E-state index contributed by atoms with van der Waals surface area (Å²) < 4.78 is 11.9. The lowest BCUT2D eigenvalue weighted by Crippen LogP contribution is -2.45. The molecule has 0 aromatic heterocycles. The van der Waals surface area contributed by atoms with E-state index >= 15 is 0 Å². The van der Waals surface area contributed by atoms with E-state index in [9.17, 15) is 4.79 Å². The molecule has 2 aliphatic carbocycles. The fraction of sp³-hybridized carbons (Fsp3) is 0.650. The molecular formula is C20H29NO3. The Morgan fingerprint density at radius 2 is 1.83 bits per heavy atom. The standard InChI is InChI=1S/C20H29NO3/c1-3-14-23-20(2,15-8-9-15)19(22)21-16-10-12-18(13-11-16)24-17-6-4-5-7-17/h10-13,15,17H,3-9,14H2,1-2H3,(H,21,22)/t20-/m0/s1. The number of hydrogen-bond acceptors (Lipinski definition) is 3. The minimum absolute atomic E-state index is 0.0390. The third-order valence-corrected chi connectivity index (χ3v) is 5.13. The van der Waals surface area contributed by atoms with Gasteiger partial charge in [-0.05, 0) is 82.1 Å². The molecule has 0 radical (unpaired) electrons. The number of hydrogen-bond donors (Lipinski definition) is 1. The Labute approximate surface area is 144 Å². The van der Waals surface area contributed by atoms with Crippen molar-refractivity contribution < 1.29 is 14.3 Å². The molecule has 0 bridgehead atoms. The molecule has 1 N–H and O–H groups in total. The summed E-state index contributed by atoms with van der Waals surface area (Å²) in [6, 6.07) is 7.70. The highest BCUT2D eigenvalue weighted by atomic mass is 16.5. The zero-order valence-corrected chi connectivity index (χ0v) is 14.8. The van der Waals surface area contributed by atoms with Gasteiger partial charge in [0.05, 0.1) is 6.10 Å². The van der Waals surface area contributed by atoms with Crippen molar-refractivity contribution in [3.05, 3.63) is 24.3 Å². The summed E-state index contributed by atoms with van der Waals surface area (Å²) in [7, 11) is 0. The van der Waals surface area contributed by atoms with E-state index in [2.05, 4.69) is 12.2 Å². The van der Waals surface area contributed by atoms with Gasteiger partial charge in [0.25, 0.3) is 5.91 Å². The third kappa shape index (κ3) is 4.10. The van der Waals surface area contributed by atoms with Crippen LogP contribution in [0.4, 0.5) is 5.69 Å². The first-order chi connectivity index (χ1) is 11.6. The second-order valence-corrected chi connectivity index (χ2v) is 7.23. The van der Waals surface area contributed by atoms with E-state index in [0.29, 0.717) is 18.6 Å². The molecule has 2 fully saturated rings. The highest BCUT2D eigenvalue weighted by molar-refractivity contribution is 5.97. The van der Waals surface area contributed by atoms with Gasteiger partial charge in [-0.15, -0.1) is 0 Å². The van der Waals surface area contributed by atoms with Gasteiger partial charge in [0.2, 0.25) is 0 Å². The summed E-state index contributed by atoms with van der Waals surface area (Å²) in [5, 5.41) is 3.01. The first-order valence-electron chi connectivity index (χ1n) is 9.34. The monoisotopic (exact) mass is 331 g/mol. The van der Waals surface area contributed by atoms with Gasteiger partial charge in [-0.2, -0.15) is 0 Å². The number of carbonyl (C=O) groups is 1. The van der Waals surface area contributed by atoms with Crippen LogP contribution in [-0.4, -0.2) is 24.2 Å². The van der Waals surface area contributed by atoms with Gasteiger partial charge in [-0.1, -0.05) is 6.92 Å². The van der Waals surface area contributed by atoms with Crippen LogP contribution in [0.1, 0.15) is 58.8 Å². The van der Waals surface area contributed by atoms with Crippen LogP contribution in [0.3, 0.4) is 0 Å². The average molecular weight is 331 g/mol. The minimum atomic E-state index is -0.713. The molecular weight excluding hydrogens is 302 g/mol. The van der Waals surface area contributed by atoms with E-state index in [-0.39, 0.29) is 5.91 Å². The van der Waals surface area contributed by atoms with Crippen LogP contribution in [0, 0.1) is 5.92 Å². The summed E-state index contributed by atoms with van der Waals surface area (Å²) in [5.41, 5.74) is 0.0837. The highest BCUT2D eigenvalue weighted by Gasteiger charge is 2.48. The molecule has 0 spiro atoms. The van der Waals surface area contributed by atoms with Crippen LogP contribution in [0.15, 0.2) is 24.3 Å². The summed E-state index contributed by atoms with van der Waals surface area (Å²) in [4.78, 5) is 12.7. The molecule has 0 aliphatic heterocycles. The van der Waals surface area contributed by atoms with Crippen molar-refractivity contribution in [2.45, 2.75) is 70.5 Å². The molecule has 0 heterocycles. The Kier molecular flexibility index (Phi) is 5.44. The maximum atomic E-state index is 12.7. The largest absolute Gasteiger partial charge is 0.490 e. The van der Waals surface area contributed by atoms with Crippen molar-refractivity contribution in [1.29, 1.82) is 0 Å². The SMILES string of the molecule is CCCO[C@](C)(C(=O)Nc1ccc(OC2CCCC2)cc1)C1CC1. The Bertz CT molecular complexity index is 547. The van der Waals surface area contributed by atoms with Crippen LogP contribution < -0.4 is 10.1 Å². The third-order valence-electron chi connectivity index (χ3n) is 5.13. The number of carbonyl (C=O) groups excluding carboxylic acids is 1. The van der Waals surface area contributed by atoms with Crippen LogP contribution in [-0.2, 0) is 9.53 Å². The van der Waals surface area contributed by atoms with E-state index in [0.717, 1.165) is 43.5 Å². The fourth-order valence-electron chi connectivity index (χ4n) is 3.39. The van der Waals surface area contributed by atoms with Gasteiger partial charge >= 0.3 is 0 Å². The predicted molar refractivity (Wildman–Crippen MR) is 95.3 cm³/mol. The second-order valence-electron chi connectivity index (χ2n) is 7.23. The molecule has 1 aromatic rings. The Balaban J connectivity index is 1.58. The van der Waals surface area contributed by atoms with Crippen molar-refractivity contribution >= 4 is 11.6 Å². The van der Waals surface area contributed by atoms with Crippen LogP contribution in [0.2, 0.25) is 0 Å². The van der Waals surface area contributed by atoms with E-state index in [1.165, 1.54) is 12.8 Å². The van der Waals surface area contributed by atoms with Gasteiger partial charge in [0, 0.05) is 12.3 Å². The number of benzene rings is 1. The zero-order valence-electron chi connectivity index (χ0n) is 14.8. The zero-order chi connectivity index (χ0) is 17.0. The molecule has 1 amide bonds. The summed E-state index contributed by atoms with van der Waals surface area (Å²) in [6.07, 6.45) is 8.23. The Morgan fingerprint density at radius 3 is 2.42 bits per heavy atom. The Morgan fingerprint density at radius 1 is 1.17 bits per heavy atom. The van der Waals surface area contributed by atoms with Crippen LogP contribution in [0.5, 0.6) is 5.75 Å². The first kappa shape index (κ1) is 17.3. The van der Waals surface area contributed by atoms with E-state index in [1.54, 1.807) is 0 Å². The molecule has 132 valence electrons. The van der Waals surface area contributed by atoms with Crippen molar-refractivity contribution in [1.82, 2.24) is 0 Å². The fourth-order valence-corrected chi connectivity index (χ4v) is 3.39. The smallest absolute Gasteiger partial charge is 0.256 e. The van der Waals surface area contributed by atoms with Crippen molar-refractivity contribution in [2.24, 2.45) is 5.92 Å². The molecule has 2 aliphatic rings. The molecule has 1 atom stereocenters.